The third-order valence-corrected chi connectivity index (χ3v) is 7.34. The lowest BCUT2D eigenvalue weighted by atomic mass is 10.2. The van der Waals surface area contributed by atoms with Crippen LogP contribution in [-0.4, -0.2) is 61.6 Å². The number of aryl methyl sites for hydroxylation is 2. The summed E-state index contributed by atoms with van der Waals surface area (Å²) >= 11 is 1.37. The summed E-state index contributed by atoms with van der Waals surface area (Å²) in [6, 6.07) is 5.64. The van der Waals surface area contributed by atoms with Gasteiger partial charge in [-0.2, -0.15) is 0 Å². The first kappa shape index (κ1) is 20.8. The van der Waals surface area contributed by atoms with E-state index < -0.39 is 21.9 Å². The monoisotopic (exact) mass is 399 g/mol. The number of ether oxygens (including phenoxy) is 1. The summed E-state index contributed by atoms with van der Waals surface area (Å²) in [7, 11) is -1.52. The minimum absolute atomic E-state index is 0.0293. The van der Waals surface area contributed by atoms with Gasteiger partial charge in [0.1, 0.15) is 0 Å². The van der Waals surface area contributed by atoms with Gasteiger partial charge in [0.25, 0.3) is 5.91 Å². The predicted molar refractivity (Wildman–Crippen MR) is 102 cm³/mol. The van der Waals surface area contributed by atoms with Crippen LogP contribution in [0.2, 0.25) is 0 Å². The minimum Gasteiger partial charge on any atom is -0.452 e. The van der Waals surface area contributed by atoms with Gasteiger partial charge in [-0.1, -0.05) is 17.7 Å². The fourth-order valence-corrected chi connectivity index (χ4v) is 5.49. The Hall–Kier alpha value is -1.54. The Morgan fingerprint density at radius 2 is 2.04 bits per heavy atom. The Morgan fingerprint density at radius 3 is 2.62 bits per heavy atom. The second kappa shape index (κ2) is 8.43. The molecule has 2 atom stereocenters. The van der Waals surface area contributed by atoms with E-state index in [-0.39, 0.29) is 29.2 Å². The number of hydrogen-bond acceptors (Lipinski definition) is 6. The van der Waals surface area contributed by atoms with Crippen LogP contribution in [0.3, 0.4) is 0 Å². The molecular formula is C18H25NO5S2. The molecule has 2 rings (SSSR count). The van der Waals surface area contributed by atoms with E-state index in [2.05, 4.69) is 0 Å². The Bertz CT molecular complexity index is 791. The minimum atomic E-state index is -3.07. The van der Waals surface area contributed by atoms with Gasteiger partial charge < -0.3 is 9.64 Å². The maximum absolute atomic E-state index is 12.4. The van der Waals surface area contributed by atoms with Crippen molar-refractivity contribution >= 4 is 33.5 Å². The smallest absolute Gasteiger partial charge is 0.317 e. The molecule has 1 aromatic rings. The van der Waals surface area contributed by atoms with E-state index >= 15 is 0 Å². The summed E-state index contributed by atoms with van der Waals surface area (Å²) in [6.45, 7) is 5.51. The van der Waals surface area contributed by atoms with E-state index in [4.69, 9.17) is 4.74 Å². The van der Waals surface area contributed by atoms with Crippen molar-refractivity contribution < 1.29 is 22.7 Å². The first-order chi connectivity index (χ1) is 12.1. The molecule has 0 radical (unpaired) electrons. The average Bonchev–Trinajstić information content (AvgIpc) is 2.92. The normalized spacial score (nSPS) is 19.8. The molecule has 1 saturated heterocycles. The molecule has 0 aromatic heterocycles. The van der Waals surface area contributed by atoms with Gasteiger partial charge in [-0.3, -0.25) is 9.59 Å². The van der Waals surface area contributed by atoms with Gasteiger partial charge in [0.2, 0.25) is 0 Å². The van der Waals surface area contributed by atoms with Crippen LogP contribution in [-0.2, 0) is 24.2 Å². The summed E-state index contributed by atoms with van der Waals surface area (Å²) in [5.41, 5.74) is 2.25. The molecule has 1 aliphatic heterocycles. The number of carbonyl (C=O) groups excluding carboxylic acids is 2. The number of thioether (sulfide) groups is 1. The van der Waals surface area contributed by atoms with Crippen molar-refractivity contribution in [2.24, 2.45) is 0 Å². The first-order valence-corrected chi connectivity index (χ1v) is 11.3. The number of esters is 1. The molecule has 144 valence electrons. The molecule has 26 heavy (non-hydrogen) atoms. The fourth-order valence-electron chi connectivity index (χ4n) is 2.93. The molecule has 0 unspecified atom stereocenters. The van der Waals surface area contributed by atoms with E-state index in [9.17, 15) is 18.0 Å². The van der Waals surface area contributed by atoms with Crippen molar-refractivity contribution in [2.45, 2.75) is 44.2 Å². The average molecular weight is 400 g/mol. The van der Waals surface area contributed by atoms with Gasteiger partial charge >= 0.3 is 5.97 Å². The zero-order valence-corrected chi connectivity index (χ0v) is 17.2. The number of sulfone groups is 1. The topological polar surface area (TPSA) is 80.8 Å². The highest BCUT2D eigenvalue weighted by atomic mass is 32.2. The van der Waals surface area contributed by atoms with Crippen LogP contribution in [0.5, 0.6) is 0 Å². The lowest BCUT2D eigenvalue weighted by Crippen LogP contribution is -2.44. The number of carbonyl (C=O) groups is 2. The molecule has 0 N–H and O–H groups in total. The van der Waals surface area contributed by atoms with Crippen molar-refractivity contribution in [2.75, 3.05) is 24.3 Å². The molecule has 6 nitrogen and oxygen atoms in total. The maximum Gasteiger partial charge on any atom is 0.317 e. The number of benzene rings is 1. The summed E-state index contributed by atoms with van der Waals surface area (Å²) in [5, 5.41) is 0. The van der Waals surface area contributed by atoms with Gasteiger partial charge in [-0.15, -0.1) is 11.8 Å². The molecule has 1 heterocycles. The zero-order chi connectivity index (χ0) is 19.5. The van der Waals surface area contributed by atoms with Crippen LogP contribution in [0.25, 0.3) is 0 Å². The number of likely N-dealkylation sites (N-methyl/N-ethyl adjacent to an activating group) is 1. The van der Waals surface area contributed by atoms with Crippen molar-refractivity contribution in [1.82, 2.24) is 4.90 Å². The highest BCUT2D eigenvalue weighted by Crippen LogP contribution is 2.23. The van der Waals surface area contributed by atoms with Gasteiger partial charge in [-0.05, 0) is 38.8 Å². The van der Waals surface area contributed by atoms with E-state index in [1.807, 2.05) is 32.0 Å². The van der Waals surface area contributed by atoms with Crippen LogP contribution in [0, 0.1) is 13.8 Å². The molecule has 1 aliphatic rings. The predicted octanol–water partition coefficient (Wildman–Crippen LogP) is 1.97. The van der Waals surface area contributed by atoms with Crippen LogP contribution in [0.4, 0.5) is 0 Å². The van der Waals surface area contributed by atoms with Crippen LogP contribution in [0.1, 0.15) is 24.5 Å². The SMILES string of the molecule is Cc1ccc(SCC(=O)O[C@@H](C)C(=O)N(C)[C@@H]2CCS(=O)(=O)C2)c(C)c1. The number of nitrogens with zero attached hydrogens (tertiary/aromatic N) is 1. The lowest BCUT2D eigenvalue weighted by molar-refractivity contribution is -0.157. The second-order valence-electron chi connectivity index (χ2n) is 6.70. The van der Waals surface area contributed by atoms with E-state index in [1.165, 1.54) is 23.6 Å². The number of hydrogen-bond donors (Lipinski definition) is 0. The maximum atomic E-state index is 12.4. The van der Waals surface area contributed by atoms with E-state index in [1.54, 1.807) is 7.05 Å². The van der Waals surface area contributed by atoms with Gasteiger partial charge in [0.05, 0.1) is 17.3 Å². The van der Waals surface area contributed by atoms with Crippen molar-refractivity contribution in [3.8, 4) is 0 Å². The Labute approximate surface area is 159 Å². The van der Waals surface area contributed by atoms with Crippen LogP contribution >= 0.6 is 11.8 Å². The molecule has 8 heteroatoms. The fraction of sp³-hybridized carbons (Fsp3) is 0.556. The first-order valence-electron chi connectivity index (χ1n) is 8.45. The highest BCUT2D eigenvalue weighted by Gasteiger charge is 2.34. The molecule has 1 amide bonds. The highest BCUT2D eigenvalue weighted by molar-refractivity contribution is 8.00. The van der Waals surface area contributed by atoms with Gasteiger partial charge in [0.15, 0.2) is 15.9 Å². The second-order valence-corrected chi connectivity index (χ2v) is 9.94. The number of amides is 1. The third kappa shape index (κ3) is 5.48. The molecular weight excluding hydrogens is 374 g/mol. The number of rotatable bonds is 6. The summed E-state index contributed by atoms with van der Waals surface area (Å²) in [4.78, 5) is 26.8. The van der Waals surface area contributed by atoms with Crippen molar-refractivity contribution in [1.29, 1.82) is 0 Å². The summed E-state index contributed by atoms with van der Waals surface area (Å²) in [5.74, 6) is -0.669. The third-order valence-electron chi connectivity index (χ3n) is 4.44. The molecule has 1 fully saturated rings. The quantitative estimate of drug-likeness (QED) is 0.537. The lowest BCUT2D eigenvalue weighted by Gasteiger charge is -2.26. The standard InChI is InChI=1S/C18H25NO5S2/c1-12-5-6-16(13(2)9-12)25-10-17(20)24-14(3)18(21)19(4)15-7-8-26(22,23)11-15/h5-6,9,14-15H,7-8,10-11H2,1-4H3/t14-,15+/m0/s1. The Morgan fingerprint density at radius 1 is 1.35 bits per heavy atom. The zero-order valence-electron chi connectivity index (χ0n) is 15.5. The molecule has 1 aromatic carbocycles. The molecule has 0 bridgehead atoms. The van der Waals surface area contributed by atoms with Crippen molar-refractivity contribution in [3.05, 3.63) is 29.3 Å². The van der Waals surface area contributed by atoms with Gasteiger partial charge in [-0.25, -0.2) is 8.42 Å². The van der Waals surface area contributed by atoms with Crippen molar-refractivity contribution in [3.63, 3.8) is 0 Å². The molecule has 0 aliphatic carbocycles. The van der Waals surface area contributed by atoms with E-state index in [0.717, 1.165) is 16.0 Å². The molecule has 0 spiro atoms. The summed E-state index contributed by atoms with van der Waals surface area (Å²) < 4.78 is 28.3. The Kier molecular flexibility index (Phi) is 6.74. The largest absolute Gasteiger partial charge is 0.452 e. The van der Waals surface area contributed by atoms with E-state index in [0.29, 0.717) is 6.42 Å². The van der Waals surface area contributed by atoms with Crippen LogP contribution < -0.4 is 0 Å². The molecule has 0 saturated carbocycles. The summed E-state index contributed by atoms with van der Waals surface area (Å²) in [6.07, 6.45) is -0.510. The van der Waals surface area contributed by atoms with Gasteiger partial charge in [0, 0.05) is 18.0 Å². The van der Waals surface area contributed by atoms with Crippen LogP contribution in [0.15, 0.2) is 23.1 Å². The Balaban J connectivity index is 1.85.